The third-order valence-electron chi connectivity index (χ3n) is 4.64. The van der Waals surface area contributed by atoms with Crippen LogP contribution in [0.3, 0.4) is 0 Å². The summed E-state index contributed by atoms with van der Waals surface area (Å²) in [5.41, 5.74) is 0.890. The second-order valence-corrected chi connectivity index (χ2v) is 6.88. The van der Waals surface area contributed by atoms with Gasteiger partial charge in [0.25, 0.3) is 0 Å². The normalized spacial score (nSPS) is 17.9. The highest BCUT2D eigenvalue weighted by Gasteiger charge is 2.27. The van der Waals surface area contributed by atoms with Crippen LogP contribution in [-0.4, -0.2) is 61.1 Å². The van der Waals surface area contributed by atoms with Gasteiger partial charge in [-0.15, -0.1) is 10.2 Å². The van der Waals surface area contributed by atoms with E-state index in [0.29, 0.717) is 24.7 Å². The molecule has 8 heteroatoms. The maximum absolute atomic E-state index is 12.5. The highest BCUT2D eigenvalue weighted by Crippen LogP contribution is 2.32. The van der Waals surface area contributed by atoms with Gasteiger partial charge >= 0.3 is 0 Å². The van der Waals surface area contributed by atoms with Crippen LogP contribution in [0.1, 0.15) is 12.0 Å². The average molecular weight is 382 g/mol. The number of aromatic nitrogens is 2. The molecule has 0 N–H and O–H groups in total. The highest BCUT2D eigenvalue weighted by atomic mass is 16.7. The van der Waals surface area contributed by atoms with Gasteiger partial charge in [0.1, 0.15) is 6.10 Å². The summed E-state index contributed by atoms with van der Waals surface area (Å²) in [6.45, 7) is 1.42. The minimum atomic E-state index is -0.0811. The van der Waals surface area contributed by atoms with E-state index in [1.165, 1.54) is 0 Å². The Morgan fingerprint density at radius 2 is 2.07 bits per heavy atom. The summed E-state index contributed by atoms with van der Waals surface area (Å²) in [7, 11) is 3.81. The van der Waals surface area contributed by atoms with Crippen LogP contribution in [0.4, 0.5) is 5.82 Å². The Bertz CT molecular complexity index is 882. The molecule has 2 aliphatic rings. The Hall–Kier alpha value is -3.29. The molecule has 2 aromatic rings. The summed E-state index contributed by atoms with van der Waals surface area (Å²) >= 11 is 0. The minimum absolute atomic E-state index is 0.0437. The van der Waals surface area contributed by atoms with Crippen LogP contribution in [-0.2, 0) is 4.79 Å². The van der Waals surface area contributed by atoms with Gasteiger partial charge in [-0.1, -0.05) is 6.07 Å². The topological polar surface area (TPSA) is 77.0 Å². The zero-order chi connectivity index (χ0) is 19.5. The molecule has 0 aliphatic carbocycles. The number of anilines is 1. The van der Waals surface area contributed by atoms with E-state index >= 15 is 0 Å². The quantitative estimate of drug-likeness (QED) is 0.732. The molecule has 1 fully saturated rings. The molecule has 3 heterocycles. The molecule has 28 heavy (non-hydrogen) atoms. The number of likely N-dealkylation sites (tertiary alicyclic amines) is 1. The predicted molar refractivity (Wildman–Crippen MR) is 104 cm³/mol. The molecule has 1 aromatic heterocycles. The van der Waals surface area contributed by atoms with Crippen LogP contribution in [0.5, 0.6) is 17.4 Å². The highest BCUT2D eigenvalue weighted by molar-refractivity contribution is 5.92. The smallest absolute Gasteiger partial charge is 0.246 e. The lowest BCUT2D eigenvalue weighted by Crippen LogP contribution is -2.29. The predicted octanol–water partition coefficient (Wildman–Crippen LogP) is 1.96. The molecule has 1 amide bonds. The van der Waals surface area contributed by atoms with Gasteiger partial charge in [0.05, 0.1) is 6.54 Å². The molecule has 4 rings (SSSR count). The number of hydrogen-bond donors (Lipinski definition) is 0. The lowest BCUT2D eigenvalue weighted by Gasteiger charge is -2.15. The average Bonchev–Trinajstić information content (AvgIpc) is 3.35. The third kappa shape index (κ3) is 4.00. The first-order valence-corrected chi connectivity index (χ1v) is 9.13. The monoisotopic (exact) mass is 382 g/mol. The molecule has 2 aliphatic heterocycles. The first-order valence-electron chi connectivity index (χ1n) is 9.13. The van der Waals surface area contributed by atoms with Crippen molar-refractivity contribution in [3.63, 3.8) is 0 Å². The van der Waals surface area contributed by atoms with Crippen molar-refractivity contribution < 1.29 is 19.0 Å². The summed E-state index contributed by atoms with van der Waals surface area (Å²) in [5.74, 6) is 2.62. The van der Waals surface area contributed by atoms with E-state index in [0.717, 1.165) is 23.6 Å². The number of rotatable bonds is 5. The fourth-order valence-electron chi connectivity index (χ4n) is 3.10. The van der Waals surface area contributed by atoms with Crippen LogP contribution in [0.2, 0.25) is 0 Å². The van der Waals surface area contributed by atoms with E-state index in [2.05, 4.69) is 10.2 Å². The van der Waals surface area contributed by atoms with E-state index in [9.17, 15) is 4.79 Å². The molecular weight excluding hydrogens is 360 g/mol. The summed E-state index contributed by atoms with van der Waals surface area (Å²) < 4.78 is 16.5. The lowest BCUT2D eigenvalue weighted by molar-refractivity contribution is -0.125. The molecule has 0 spiro atoms. The zero-order valence-corrected chi connectivity index (χ0v) is 15.9. The number of carbonyl (C=O) groups excluding carboxylic acids is 1. The molecule has 1 aromatic carbocycles. The molecule has 0 bridgehead atoms. The van der Waals surface area contributed by atoms with Gasteiger partial charge in [-0.25, -0.2) is 0 Å². The van der Waals surface area contributed by atoms with Crippen molar-refractivity contribution in [1.29, 1.82) is 0 Å². The SMILES string of the molecule is CN(C)c1ccc(OC2CCN(C(=O)/C=C/c3ccc4c(c3)OCO4)C2)nn1. The van der Waals surface area contributed by atoms with Crippen LogP contribution in [0.15, 0.2) is 36.4 Å². The number of hydrogen-bond acceptors (Lipinski definition) is 7. The standard InChI is InChI=1S/C20H22N4O4/c1-23(2)18-6-7-19(22-21-18)28-15-9-10-24(12-15)20(25)8-4-14-3-5-16-17(11-14)27-13-26-16/h3-8,11,15H,9-10,12-13H2,1-2H3/b8-4+. The Morgan fingerprint density at radius 3 is 2.86 bits per heavy atom. The van der Waals surface area contributed by atoms with Crippen LogP contribution < -0.4 is 19.1 Å². The van der Waals surface area contributed by atoms with Crippen LogP contribution >= 0.6 is 0 Å². The number of ether oxygens (including phenoxy) is 3. The van der Waals surface area contributed by atoms with Gasteiger partial charge in [0.2, 0.25) is 18.6 Å². The molecular formula is C20H22N4O4. The van der Waals surface area contributed by atoms with E-state index in [1.807, 2.05) is 43.3 Å². The van der Waals surface area contributed by atoms with E-state index < -0.39 is 0 Å². The molecule has 0 saturated carbocycles. The second-order valence-electron chi connectivity index (χ2n) is 6.88. The number of fused-ring (bicyclic) bond motifs is 1. The number of carbonyl (C=O) groups is 1. The Labute approximate surface area is 163 Å². The van der Waals surface area contributed by atoms with E-state index in [1.54, 1.807) is 23.1 Å². The van der Waals surface area contributed by atoms with Gasteiger partial charge in [-0.3, -0.25) is 4.79 Å². The second kappa shape index (κ2) is 7.75. The zero-order valence-electron chi connectivity index (χ0n) is 15.9. The van der Waals surface area contributed by atoms with E-state index in [-0.39, 0.29) is 18.8 Å². The summed E-state index contributed by atoms with van der Waals surface area (Å²) in [6, 6.07) is 9.25. The third-order valence-corrected chi connectivity index (χ3v) is 4.64. The maximum Gasteiger partial charge on any atom is 0.246 e. The van der Waals surface area contributed by atoms with Crippen molar-refractivity contribution in [3.8, 4) is 17.4 Å². The van der Waals surface area contributed by atoms with Gasteiger partial charge < -0.3 is 24.0 Å². The summed E-state index contributed by atoms with van der Waals surface area (Å²) in [5, 5.41) is 8.19. The first-order chi connectivity index (χ1) is 13.6. The van der Waals surface area contributed by atoms with Crippen LogP contribution in [0, 0.1) is 0 Å². The van der Waals surface area contributed by atoms with Crippen molar-refractivity contribution in [3.05, 3.63) is 42.0 Å². The van der Waals surface area contributed by atoms with Gasteiger partial charge in [-0.2, -0.15) is 0 Å². The molecule has 8 nitrogen and oxygen atoms in total. The molecule has 1 saturated heterocycles. The van der Waals surface area contributed by atoms with Crippen molar-refractivity contribution in [2.24, 2.45) is 0 Å². The molecule has 1 atom stereocenters. The Morgan fingerprint density at radius 1 is 1.21 bits per heavy atom. The fraction of sp³-hybridized carbons (Fsp3) is 0.350. The fourth-order valence-corrected chi connectivity index (χ4v) is 3.10. The van der Waals surface area contributed by atoms with Gasteiger partial charge in [0.15, 0.2) is 17.3 Å². The van der Waals surface area contributed by atoms with Crippen molar-refractivity contribution in [1.82, 2.24) is 15.1 Å². The Balaban J connectivity index is 1.31. The van der Waals surface area contributed by atoms with Crippen molar-refractivity contribution in [2.75, 3.05) is 38.9 Å². The molecule has 146 valence electrons. The van der Waals surface area contributed by atoms with Gasteiger partial charge in [0, 0.05) is 39.2 Å². The lowest BCUT2D eigenvalue weighted by atomic mass is 10.2. The van der Waals surface area contributed by atoms with E-state index in [4.69, 9.17) is 14.2 Å². The Kier molecular flexibility index (Phi) is 5.01. The minimum Gasteiger partial charge on any atom is -0.471 e. The largest absolute Gasteiger partial charge is 0.471 e. The van der Waals surface area contributed by atoms with Crippen molar-refractivity contribution in [2.45, 2.75) is 12.5 Å². The molecule has 1 unspecified atom stereocenters. The first kappa shape index (κ1) is 18.1. The van der Waals surface area contributed by atoms with Crippen molar-refractivity contribution >= 4 is 17.8 Å². The molecule has 0 radical (unpaired) electrons. The summed E-state index contributed by atoms with van der Waals surface area (Å²) in [4.78, 5) is 16.1. The summed E-state index contributed by atoms with van der Waals surface area (Å²) in [6.07, 6.45) is 4.04. The number of nitrogens with zero attached hydrogens (tertiary/aromatic N) is 4. The van der Waals surface area contributed by atoms with Crippen LogP contribution in [0.25, 0.3) is 6.08 Å². The maximum atomic E-state index is 12.5. The van der Waals surface area contributed by atoms with Gasteiger partial charge in [-0.05, 0) is 29.8 Å². The number of benzene rings is 1. The number of amides is 1.